The highest BCUT2D eigenvalue weighted by Crippen LogP contribution is 2.45. The van der Waals surface area contributed by atoms with E-state index in [1.165, 1.54) is 24.8 Å². The molecule has 1 aliphatic carbocycles. The standard InChI is InChI=1S/C17H30O2/c1-7-15(13-17(5)11-8-12-17)10-9-14(2)19-16(3,4)18-6/h7,10,14H,1,8-9,11-13H2,2-6H3/b15-10+/t14-/m0/s1. The van der Waals surface area contributed by atoms with Gasteiger partial charge >= 0.3 is 0 Å². The van der Waals surface area contributed by atoms with Gasteiger partial charge in [-0.15, -0.1) is 0 Å². The Morgan fingerprint density at radius 1 is 1.42 bits per heavy atom. The van der Waals surface area contributed by atoms with E-state index in [0.717, 1.165) is 12.8 Å². The molecule has 1 rings (SSSR count). The van der Waals surface area contributed by atoms with E-state index in [9.17, 15) is 0 Å². The summed E-state index contributed by atoms with van der Waals surface area (Å²) in [6.45, 7) is 12.3. The molecule has 0 saturated heterocycles. The van der Waals surface area contributed by atoms with Crippen LogP contribution >= 0.6 is 0 Å². The van der Waals surface area contributed by atoms with Gasteiger partial charge in [-0.3, -0.25) is 0 Å². The summed E-state index contributed by atoms with van der Waals surface area (Å²) in [7, 11) is 1.68. The minimum absolute atomic E-state index is 0.152. The Bertz CT molecular complexity index is 324. The average Bonchev–Trinajstić information content (AvgIpc) is 2.31. The van der Waals surface area contributed by atoms with Crippen molar-refractivity contribution in [3.05, 3.63) is 24.3 Å². The molecule has 0 aromatic carbocycles. The molecule has 0 aliphatic heterocycles. The topological polar surface area (TPSA) is 18.5 Å². The quantitative estimate of drug-likeness (QED) is 0.461. The third-order valence-corrected chi connectivity index (χ3v) is 4.14. The lowest BCUT2D eigenvalue weighted by Crippen LogP contribution is -2.31. The van der Waals surface area contributed by atoms with E-state index in [1.54, 1.807) is 7.11 Å². The van der Waals surface area contributed by atoms with Crippen molar-refractivity contribution in [3.63, 3.8) is 0 Å². The summed E-state index contributed by atoms with van der Waals surface area (Å²) in [6, 6.07) is 0. The predicted octanol–water partition coefficient (Wildman–Crippen LogP) is 4.86. The van der Waals surface area contributed by atoms with Crippen molar-refractivity contribution in [3.8, 4) is 0 Å². The van der Waals surface area contributed by atoms with Crippen molar-refractivity contribution in [2.75, 3.05) is 7.11 Å². The molecule has 0 unspecified atom stereocenters. The third kappa shape index (κ3) is 5.50. The van der Waals surface area contributed by atoms with Crippen LogP contribution < -0.4 is 0 Å². The summed E-state index contributed by atoms with van der Waals surface area (Å²) in [5.41, 5.74) is 1.86. The first kappa shape index (κ1) is 16.5. The number of hydrogen-bond acceptors (Lipinski definition) is 2. The molecule has 0 spiro atoms. The van der Waals surface area contributed by atoms with E-state index in [2.05, 4.69) is 26.5 Å². The van der Waals surface area contributed by atoms with E-state index in [-0.39, 0.29) is 6.10 Å². The maximum Gasteiger partial charge on any atom is 0.162 e. The molecular formula is C17H30O2. The fourth-order valence-electron chi connectivity index (χ4n) is 2.58. The van der Waals surface area contributed by atoms with Crippen LogP contribution in [-0.4, -0.2) is 19.0 Å². The van der Waals surface area contributed by atoms with Crippen LogP contribution in [0.4, 0.5) is 0 Å². The highest BCUT2D eigenvalue weighted by Gasteiger charge is 2.31. The van der Waals surface area contributed by atoms with Gasteiger partial charge in [0.25, 0.3) is 0 Å². The molecule has 1 saturated carbocycles. The molecular weight excluding hydrogens is 236 g/mol. The van der Waals surface area contributed by atoms with Crippen LogP contribution in [0, 0.1) is 5.41 Å². The predicted molar refractivity (Wildman–Crippen MR) is 81.1 cm³/mol. The van der Waals surface area contributed by atoms with Gasteiger partial charge in [-0.2, -0.15) is 0 Å². The molecule has 0 heterocycles. The first-order valence-corrected chi connectivity index (χ1v) is 7.35. The molecule has 0 radical (unpaired) electrons. The minimum atomic E-state index is -0.512. The summed E-state index contributed by atoms with van der Waals surface area (Å²) in [5, 5.41) is 0. The summed E-state index contributed by atoms with van der Waals surface area (Å²) in [6.07, 6.45) is 10.6. The first-order valence-electron chi connectivity index (χ1n) is 7.35. The van der Waals surface area contributed by atoms with Crippen LogP contribution in [-0.2, 0) is 9.47 Å². The highest BCUT2D eigenvalue weighted by molar-refractivity contribution is 5.19. The van der Waals surface area contributed by atoms with Gasteiger partial charge in [0.2, 0.25) is 0 Å². The summed E-state index contributed by atoms with van der Waals surface area (Å²) >= 11 is 0. The summed E-state index contributed by atoms with van der Waals surface area (Å²) in [4.78, 5) is 0. The molecule has 2 nitrogen and oxygen atoms in total. The zero-order chi connectivity index (χ0) is 14.5. The van der Waals surface area contributed by atoms with Crippen LogP contribution in [0.15, 0.2) is 24.3 Å². The van der Waals surface area contributed by atoms with E-state index in [0.29, 0.717) is 5.41 Å². The molecule has 19 heavy (non-hydrogen) atoms. The summed E-state index contributed by atoms with van der Waals surface area (Å²) in [5.74, 6) is -0.512. The van der Waals surface area contributed by atoms with Gasteiger partial charge in [0, 0.05) is 7.11 Å². The van der Waals surface area contributed by atoms with Crippen LogP contribution in [0.25, 0.3) is 0 Å². The summed E-state index contributed by atoms with van der Waals surface area (Å²) < 4.78 is 11.1. The van der Waals surface area contributed by atoms with Crippen molar-refractivity contribution in [2.45, 2.75) is 71.7 Å². The minimum Gasteiger partial charge on any atom is -0.354 e. The zero-order valence-electron chi connectivity index (χ0n) is 13.3. The molecule has 0 aromatic heterocycles. The smallest absolute Gasteiger partial charge is 0.162 e. The molecule has 1 fully saturated rings. The second kappa shape index (κ2) is 6.71. The average molecular weight is 266 g/mol. The first-order chi connectivity index (χ1) is 8.80. The number of hydrogen-bond donors (Lipinski definition) is 0. The normalized spacial score (nSPS) is 20.8. The second-order valence-electron chi connectivity index (χ2n) is 6.59. The molecule has 0 amide bonds. The zero-order valence-corrected chi connectivity index (χ0v) is 13.3. The fourth-order valence-corrected chi connectivity index (χ4v) is 2.58. The van der Waals surface area contributed by atoms with E-state index < -0.39 is 5.79 Å². The van der Waals surface area contributed by atoms with Gasteiger partial charge in [0.15, 0.2) is 5.79 Å². The molecule has 0 N–H and O–H groups in total. The number of methoxy groups -OCH3 is 1. The highest BCUT2D eigenvalue weighted by atomic mass is 16.7. The molecule has 0 aromatic rings. The Labute approximate surface area is 118 Å². The molecule has 1 aliphatic rings. The third-order valence-electron chi connectivity index (χ3n) is 4.14. The second-order valence-corrected chi connectivity index (χ2v) is 6.59. The van der Waals surface area contributed by atoms with Gasteiger partial charge in [-0.05, 0) is 51.9 Å². The Hall–Kier alpha value is -0.600. The largest absolute Gasteiger partial charge is 0.354 e. The maximum absolute atomic E-state index is 5.85. The Morgan fingerprint density at radius 3 is 2.47 bits per heavy atom. The lowest BCUT2D eigenvalue weighted by molar-refractivity contribution is -0.218. The lowest BCUT2D eigenvalue weighted by Gasteiger charge is -2.39. The van der Waals surface area contributed by atoms with Crippen LogP contribution in [0.2, 0.25) is 0 Å². The van der Waals surface area contributed by atoms with Crippen LogP contribution in [0.3, 0.4) is 0 Å². The maximum atomic E-state index is 5.85. The van der Waals surface area contributed by atoms with Gasteiger partial charge in [-0.1, -0.05) is 37.6 Å². The van der Waals surface area contributed by atoms with E-state index in [4.69, 9.17) is 9.47 Å². The lowest BCUT2D eigenvalue weighted by atomic mass is 9.67. The Kier molecular flexibility index (Phi) is 5.82. The van der Waals surface area contributed by atoms with Crippen LogP contribution in [0.1, 0.15) is 59.8 Å². The molecule has 0 bridgehead atoms. The number of ether oxygens (including phenoxy) is 2. The van der Waals surface area contributed by atoms with Gasteiger partial charge in [-0.25, -0.2) is 0 Å². The SMILES string of the molecule is C=C/C(=C\C[C@H](C)OC(C)(C)OC)CC1(C)CCC1. The molecule has 1 atom stereocenters. The van der Waals surface area contributed by atoms with Crippen molar-refractivity contribution in [1.29, 1.82) is 0 Å². The van der Waals surface area contributed by atoms with E-state index >= 15 is 0 Å². The van der Waals surface area contributed by atoms with Gasteiger partial charge in [0.1, 0.15) is 0 Å². The number of rotatable bonds is 8. The number of allylic oxidation sites excluding steroid dienone is 2. The molecule has 110 valence electrons. The van der Waals surface area contributed by atoms with Crippen molar-refractivity contribution in [2.24, 2.45) is 5.41 Å². The van der Waals surface area contributed by atoms with Crippen molar-refractivity contribution >= 4 is 0 Å². The van der Waals surface area contributed by atoms with Crippen LogP contribution in [0.5, 0.6) is 0 Å². The molecule has 2 heteroatoms. The van der Waals surface area contributed by atoms with Crippen molar-refractivity contribution in [1.82, 2.24) is 0 Å². The van der Waals surface area contributed by atoms with Gasteiger partial charge < -0.3 is 9.47 Å². The Morgan fingerprint density at radius 2 is 2.05 bits per heavy atom. The van der Waals surface area contributed by atoms with Crippen molar-refractivity contribution < 1.29 is 9.47 Å². The Balaban J connectivity index is 2.45. The van der Waals surface area contributed by atoms with Gasteiger partial charge in [0.05, 0.1) is 6.10 Å². The fraction of sp³-hybridized carbons (Fsp3) is 0.765. The monoisotopic (exact) mass is 266 g/mol. The van der Waals surface area contributed by atoms with E-state index in [1.807, 2.05) is 19.9 Å².